The molecule has 3 N–H and O–H groups in total. The number of pyridine rings is 1. The van der Waals surface area contributed by atoms with Gasteiger partial charge in [-0.15, -0.1) is 0 Å². The van der Waals surface area contributed by atoms with Crippen LogP contribution < -0.4 is 11.1 Å². The molecule has 166 valence electrons. The number of hydrogen-bond acceptors (Lipinski definition) is 6. The molecular weight excluding hydrogens is 407 g/mol. The maximum atomic E-state index is 15.2. The molecule has 0 bridgehead atoms. The van der Waals surface area contributed by atoms with Crippen molar-refractivity contribution in [3.63, 3.8) is 0 Å². The minimum Gasteiger partial charge on any atom is -0.384 e. The first-order chi connectivity index (χ1) is 15.4. The molecule has 0 spiro atoms. The Morgan fingerprint density at radius 1 is 1.12 bits per heavy atom. The van der Waals surface area contributed by atoms with Crippen LogP contribution in [0.1, 0.15) is 36.8 Å². The Hall–Kier alpha value is -3.39. The van der Waals surface area contributed by atoms with Crippen molar-refractivity contribution in [3.05, 3.63) is 59.9 Å². The maximum absolute atomic E-state index is 15.2. The van der Waals surface area contributed by atoms with Crippen molar-refractivity contribution in [2.75, 3.05) is 18.8 Å². The van der Waals surface area contributed by atoms with E-state index in [-0.39, 0.29) is 23.6 Å². The molecule has 1 aliphatic rings. The summed E-state index contributed by atoms with van der Waals surface area (Å²) in [5.41, 5.74) is 9.37. The van der Waals surface area contributed by atoms with E-state index in [2.05, 4.69) is 20.3 Å². The number of nitrogens with one attached hydrogen (secondary N) is 1. The van der Waals surface area contributed by atoms with Gasteiger partial charge >= 0.3 is 0 Å². The van der Waals surface area contributed by atoms with Crippen LogP contribution in [0.4, 0.5) is 10.2 Å². The number of nitrogens with two attached hydrogens (primary N) is 1. The standard InChI is InChI=1S/C24H27FN6O/c1-4-20-22(17-6-8-21(26)27-10-17)23(29-13-28-20)16-5-7-18(19(25)9-16)24(32)31-11-14(2)30-15(3)12-31/h5-10,13-15,30H,4,11-12H2,1-3H3,(H2,26,27). The highest BCUT2D eigenvalue weighted by molar-refractivity contribution is 5.95. The van der Waals surface area contributed by atoms with E-state index in [9.17, 15) is 4.79 Å². The predicted octanol–water partition coefficient (Wildman–Crippen LogP) is 3.31. The number of piperazine rings is 1. The number of aryl methyl sites for hydroxylation is 1. The fraction of sp³-hybridized carbons (Fsp3) is 0.333. The number of anilines is 1. The van der Waals surface area contributed by atoms with Crippen molar-refractivity contribution in [2.45, 2.75) is 39.3 Å². The molecule has 2 aromatic heterocycles. The Bertz CT molecular complexity index is 1120. The zero-order valence-corrected chi connectivity index (χ0v) is 18.5. The summed E-state index contributed by atoms with van der Waals surface area (Å²) < 4.78 is 15.2. The van der Waals surface area contributed by atoms with Gasteiger partial charge in [0.1, 0.15) is 18.0 Å². The zero-order chi connectivity index (χ0) is 22.8. The van der Waals surface area contributed by atoms with Gasteiger partial charge in [-0.3, -0.25) is 4.79 Å². The van der Waals surface area contributed by atoms with Crippen LogP contribution in [0.3, 0.4) is 0 Å². The van der Waals surface area contributed by atoms with Crippen LogP contribution in [0.2, 0.25) is 0 Å². The van der Waals surface area contributed by atoms with Crippen molar-refractivity contribution in [2.24, 2.45) is 0 Å². The summed E-state index contributed by atoms with van der Waals surface area (Å²) >= 11 is 0. The molecule has 7 nitrogen and oxygen atoms in total. The SMILES string of the molecule is CCc1ncnc(-c2ccc(C(=O)N3CC(C)NC(C)C3)c(F)c2)c1-c1ccc(N)nc1. The van der Waals surface area contributed by atoms with Crippen molar-refractivity contribution in [1.82, 2.24) is 25.2 Å². The molecule has 1 aliphatic heterocycles. The molecule has 2 unspecified atom stereocenters. The molecule has 3 aromatic rings. The van der Waals surface area contributed by atoms with E-state index in [1.165, 1.54) is 12.4 Å². The van der Waals surface area contributed by atoms with E-state index in [4.69, 9.17) is 5.73 Å². The van der Waals surface area contributed by atoms with E-state index < -0.39 is 5.82 Å². The molecule has 1 amide bonds. The topological polar surface area (TPSA) is 97.0 Å². The van der Waals surface area contributed by atoms with Gasteiger partial charge < -0.3 is 16.0 Å². The number of rotatable bonds is 4. The second-order valence-corrected chi connectivity index (χ2v) is 8.24. The molecule has 1 saturated heterocycles. The highest BCUT2D eigenvalue weighted by Gasteiger charge is 2.27. The van der Waals surface area contributed by atoms with Crippen LogP contribution in [0, 0.1) is 5.82 Å². The van der Waals surface area contributed by atoms with Crippen molar-refractivity contribution in [1.29, 1.82) is 0 Å². The highest BCUT2D eigenvalue weighted by atomic mass is 19.1. The van der Waals surface area contributed by atoms with Gasteiger partial charge in [0.15, 0.2) is 0 Å². The van der Waals surface area contributed by atoms with Crippen molar-refractivity contribution < 1.29 is 9.18 Å². The third-order valence-corrected chi connectivity index (χ3v) is 5.65. The predicted molar refractivity (Wildman–Crippen MR) is 122 cm³/mol. The maximum Gasteiger partial charge on any atom is 0.256 e. The smallest absolute Gasteiger partial charge is 0.256 e. The number of carbonyl (C=O) groups is 1. The molecule has 3 heterocycles. The van der Waals surface area contributed by atoms with Gasteiger partial charge in [-0.25, -0.2) is 19.3 Å². The first-order valence-corrected chi connectivity index (χ1v) is 10.8. The quantitative estimate of drug-likeness (QED) is 0.654. The van der Waals surface area contributed by atoms with Crippen LogP contribution in [0.15, 0.2) is 42.9 Å². The van der Waals surface area contributed by atoms with Gasteiger partial charge in [0.2, 0.25) is 0 Å². The number of aromatic nitrogens is 3. The largest absolute Gasteiger partial charge is 0.384 e. The van der Waals surface area contributed by atoms with Gasteiger partial charge in [0.05, 0.1) is 17.0 Å². The third-order valence-electron chi connectivity index (χ3n) is 5.65. The first kappa shape index (κ1) is 21.8. The lowest BCUT2D eigenvalue weighted by Crippen LogP contribution is -2.55. The average Bonchev–Trinajstić information content (AvgIpc) is 2.78. The lowest BCUT2D eigenvalue weighted by molar-refractivity contribution is 0.0669. The van der Waals surface area contributed by atoms with Crippen molar-refractivity contribution in [3.8, 4) is 22.4 Å². The van der Waals surface area contributed by atoms with Gasteiger partial charge in [-0.05, 0) is 44.5 Å². The van der Waals surface area contributed by atoms with Gasteiger partial charge in [-0.2, -0.15) is 0 Å². The summed E-state index contributed by atoms with van der Waals surface area (Å²) in [6, 6.07) is 8.54. The summed E-state index contributed by atoms with van der Waals surface area (Å²) in [6.07, 6.45) is 3.81. The fourth-order valence-corrected chi connectivity index (χ4v) is 4.26. The van der Waals surface area contributed by atoms with Gasteiger partial charge in [0, 0.05) is 48.1 Å². The van der Waals surface area contributed by atoms with E-state index in [0.717, 1.165) is 16.8 Å². The van der Waals surface area contributed by atoms with E-state index in [1.807, 2.05) is 26.8 Å². The monoisotopic (exact) mass is 434 g/mol. The zero-order valence-electron chi connectivity index (χ0n) is 18.5. The molecule has 32 heavy (non-hydrogen) atoms. The summed E-state index contributed by atoms with van der Waals surface area (Å²) in [4.78, 5) is 27.7. The molecule has 0 aliphatic carbocycles. The minimum absolute atomic E-state index is 0.0653. The van der Waals surface area contributed by atoms with E-state index >= 15 is 4.39 Å². The van der Waals surface area contributed by atoms with E-state index in [1.54, 1.807) is 29.3 Å². The Morgan fingerprint density at radius 3 is 2.47 bits per heavy atom. The summed E-state index contributed by atoms with van der Waals surface area (Å²) in [5, 5.41) is 3.38. The van der Waals surface area contributed by atoms with Crippen LogP contribution in [0.5, 0.6) is 0 Å². The first-order valence-electron chi connectivity index (χ1n) is 10.8. The molecule has 1 aromatic carbocycles. The number of nitrogens with zero attached hydrogens (tertiary/aromatic N) is 4. The van der Waals surface area contributed by atoms with Crippen molar-refractivity contribution >= 4 is 11.7 Å². The molecule has 4 rings (SSSR count). The minimum atomic E-state index is -0.565. The number of halogens is 1. The second kappa shape index (κ2) is 9.00. The lowest BCUT2D eigenvalue weighted by Gasteiger charge is -2.36. The average molecular weight is 435 g/mol. The summed E-state index contributed by atoms with van der Waals surface area (Å²) in [6.45, 7) is 7.12. The Kier molecular flexibility index (Phi) is 6.14. The normalized spacial score (nSPS) is 18.6. The molecular formula is C24H27FN6O. The molecule has 8 heteroatoms. The van der Waals surface area contributed by atoms with E-state index in [0.29, 0.717) is 36.6 Å². The molecule has 0 radical (unpaired) electrons. The Morgan fingerprint density at radius 2 is 1.84 bits per heavy atom. The number of amides is 1. The third kappa shape index (κ3) is 4.31. The fourth-order valence-electron chi connectivity index (χ4n) is 4.26. The number of nitrogen functional groups attached to an aromatic ring is 1. The van der Waals surface area contributed by atoms with Crippen LogP contribution >= 0.6 is 0 Å². The Labute approximate surface area is 186 Å². The number of carbonyl (C=O) groups excluding carboxylic acids is 1. The molecule has 0 saturated carbocycles. The molecule has 2 atom stereocenters. The Balaban J connectivity index is 1.72. The second-order valence-electron chi connectivity index (χ2n) is 8.24. The number of hydrogen-bond donors (Lipinski definition) is 2. The molecule has 1 fully saturated rings. The summed E-state index contributed by atoms with van der Waals surface area (Å²) in [7, 11) is 0. The van der Waals surface area contributed by atoms with Gasteiger partial charge in [0.25, 0.3) is 5.91 Å². The van der Waals surface area contributed by atoms with Crippen LogP contribution in [0.25, 0.3) is 22.4 Å². The highest BCUT2D eigenvalue weighted by Crippen LogP contribution is 2.33. The summed E-state index contributed by atoms with van der Waals surface area (Å²) in [5.74, 6) is -0.450. The van der Waals surface area contributed by atoms with Crippen LogP contribution in [-0.4, -0.2) is 50.9 Å². The van der Waals surface area contributed by atoms with Gasteiger partial charge in [-0.1, -0.05) is 13.0 Å². The number of benzene rings is 1. The van der Waals surface area contributed by atoms with Crippen LogP contribution in [-0.2, 0) is 6.42 Å². The lowest BCUT2D eigenvalue weighted by atomic mass is 9.96.